The van der Waals surface area contributed by atoms with E-state index in [4.69, 9.17) is 15.2 Å². The van der Waals surface area contributed by atoms with Crippen LogP contribution in [0, 0.1) is 6.92 Å². The molecule has 0 bridgehead atoms. The molecule has 1 aromatic carbocycles. The number of aromatic nitrogens is 2. The van der Waals surface area contributed by atoms with Crippen molar-refractivity contribution in [1.29, 1.82) is 0 Å². The third kappa shape index (κ3) is 1.64. The minimum Gasteiger partial charge on any atom is -0.486 e. The number of anilines is 1. The molecular formula is C12H12BrN3O2. The van der Waals surface area contributed by atoms with E-state index in [0.717, 1.165) is 32.7 Å². The average molecular weight is 310 g/mol. The van der Waals surface area contributed by atoms with Crippen LogP contribution in [-0.2, 0) is 0 Å². The van der Waals surface area contributed by atoms with Crippen molar-refractivity contribution in [3.05, 3.63) is 22.3 Å². The number of nitrogens with one attached hydrogen (secondary N) is 1. The fourth-order valence-electron chi connectivity index (χ4n) is 2.07. The Morgan fingerprint density at radius 2 is 2.17 bits per heavy atom. The summed E-state index contributed by atoms with van der Waals surface area (Å²) in [5.74, 6) is 1.98. The molecule has 0 saturated heterocycles. The molecule has 0 atom stereocenters. The number of hydrogen-bond acceptors (Lipinski definition) is 4. The van der Waals surface area contributed by atoms with Crippen LogP contribution in [0.5, 0.6) is 11.5 Å². The molecule has 6 heteroatoms. The summed E-state index contributed by atoms with van der Waals surface area (Å²) in [5, 5.41) is 6.69. The average Bonchev–Trinajstić information content (AvgIpc) is 2.77. The van der Waals surface area contributed by atoms with Crippen LogP contribution in [0.1, 0.15) is 5.56 Å². The molecule has 18 heavy (non-hydrogen) atoms. The standard InChI is InChI=1S/C12H12BrN3O2/c1-6-8(13)4-9-11(18-3-2-17-9)10(6)7-5-15-16-12(7)14/h4-5H,2-3H2,1H3,(H3,14,15,16). The quantitative estimate of drug-likeness (QED) is 0.849. The van der Waals surface area contributed by atoms with Gasteiger partial charge in [-0.15, -0.1) is 0 Å². The van der Waals surface area contributed by atoms with Crippen molar-refractivity contribution in [2.24, 2.45) is 0 Å². The lowest BCUT2D eigenvalue weighted by Gasteiger charge is -2.23. The number of benzene rings is 1. The highest BCUT2D eigenvalue weighted by Crippen LogP contribution is 2.46. The molecule has 3 N–H and O–H groups in total. The van der Waals surface area contributed by atoms with E-state index < -0.39 is 0 Å². The largest absolute Gasteiger partial charge is 0.486 e. The summed E-state index contributed by atoms with van der Waals surface area (Å²) in [6.45, 7) is 3.10. The third-order valence-corrected chi connectivity index (χ3v) is 3.79. The van der Waals surface area contributed by atoms with Gasteiger partial charge < -0.3 is 15.2 Å². The second kappa shape index (κ2) is 4.20. The predicted molar refractivity (Wildman–Crippen MR) is 71.9 cm³/mol. The van der Waals surface area contributed by atoms with Crippen molar-refractivity contribution in [1.82, 2.24) is 10.2 Å². The molecular weight excluding hydrogens is 298 g/mol. The van der Waals surface area contributed by atoms with E-state index >= 15 is 0 Å². The number of nitrogen functional groups attached to an aromatic ring is 1. The number of ether oxygens (including phenoxy) is 2. The van der Waals surface area contributed by atoms with Crippen molar-refractivity contribution < 1.29 is 9.47 Å². The maximum Gasteiger partial charge on any atom is 0.169 e. The van der Waals surface area contributed by atoms with Crippen molar-refractivity contribution in [2.75, 3.05) is 18.9 Å². The lowest BCUT2D eigenvalue weighted by molar-refractivity contribution is 0.172. The highest BCUT2D eigenvalue weighted by Gasteiger charge is 2.23. The van der Waals surface area contributed by atoms with E-state index in [0.29, 0.717) is 19.0 Å². The molecule has 2 aromatic rings. The fraction of sp³-hybridized carbons (Fsp3) is 0.250. The van der Waals surface area contributed by atoms with Gasteiger partial charge in [-0.25, -0.2) is 0 Å². The Balaban J connectivity index is 2.30. The molecule has 0 saturated carbocycles. The highest BCUT2D eigenvalue weighted by molar-refractivity contribution is 9.10. The number of nitrogens with zero attached hydrogens (tertiary/aromatic N) is 1. The highest BCUT2D eigenvalue weighted by atomic mass is 79.9. The molecule has 3 rings (SSSR count). The molecule has 1 aliphatic heterocycles. The molecule has 5 nitrogen and oxygen atoms in total. The van der Waals surface area contributed by atoms with Crippen LogP contribution < -0.4 is 15.2 Å². The molecule has 0 radical (unpaired) electrons. The van der Waals surface area contributed by atoms with Crippen LogP contribution in [0.4, 0.5) is 5.82 Å². The van der Waals surface area contributed by atoms with Crippen LogP contribution in [0.25, 0.3) is 11.1 Å². The van der Waals surface area contributed by atoms with Crippen molar-refractivity contribution >= 4 is 21.7 Å². The minimum atomic E-state index is 0.521. The molecule has 2 heterocycles. The van der Waals surface area contributed by atoms with Crippen molar-refractivity contribution in [3.8, 4) is 22.6 Å². The number of fused-ring (bicyclic) bond motifs is 1. The third-order valence-electron chi connectivity index (χ3n) is 2.97. The van der Waals surface area contributed by atoms with E-state index in [1.807, 2.05) is 13.0 Å². The Hall–Kier alpha value is -1.69. The maximum absolute atomic E-state index is 5.89. The zero-order valence-corrected chi connectivity index (χ0v) is 11.4. The Morgan fingerprint density at radius 3 is 2.89 bits per heavy atom. The summed E-state index contributed by atoms with van der Waals surface area (Å²) in [6.07, 6.45) is 1.70. The molecule has 94 valence electrons. The van der Waals surface area contributed by atoms with Gasteiger partial charge in [-0.1, -0.05) is 15.9 Å². The summed E-state index contributed by atoms with van der Waals surface area (Å²) in [6, 6.07) is 1.92. The lowest BCUT2D eigenvalue weighted by Crippen LogP contribution is -2.16. The number of hydrogen-bond donors (Lipinski definition) is 2. The van der Waals surface area contributed by atoms with Gasteiger partial charge in [0, 0.05) is 15.6 Å². The molecule has 0 unspecified atom stereocenters. The molecule has 0 spiro atoms. The Labute approximate surface area is 112 Å². The minimum absolute atomic E-state index is 0.521. The predicted octanol–water partition coefficient (Wildman–Crippen LogP) is 2.50. The van der Waals surface area contributed by atoms with Gasteiger partial charge in [-0.2, -0.15) is 5.10 Å². The number of nitrogens with two attached hydrogens (primary N) is 1. The van der Waals surface area contributed by atoms with E-state index in [9.17, 15) is 0 Å². The van der Waals surface area contributed by atoms with Crippen molar-refractivity contribution in [2.45, 2.75) is 6.92 Å². The monoisotopic (exact) mass is 309 g/mol. The van der Waals surface area contributed by atoms with Gasteiger partial charge >= 0.3 is 0 Å². The summed E-state index contributed by atoms with van der Waals surface area (Å²) in [4.78, 5) is 0. The van der Waals surface area contributed by atoms with Crippen molar-refractivity contribution in [3.63, 3.8) is 0 Å². The van der Waals surface area contributed by atoms with Gasteiger partial charge in [-0.3, -0.25) is 5.10 Å². The number of rotatable bonds is 1. The normalized spacial score (nSPS) is 13.7. The van der Waals surface area contributed by atoms with Gasteiger partial charge in [0.1, 0.15) is 19.0 Å². The van der Waals surface area contributed by atoms with E-state index in [2.05, 4.69) is 26.1 Å². The molecule has 0 fully saturated rings. The van der Waals surface area contributed by atoms with Crippen LogP contribution in [-0.4, -0.2) is 23.4 Å². The first-order chi connectivity index (χ1) is 8.68. The molecule has 0 amide bonds. The zero-order valence-electron chi connectivity index (χ0n) is 9.79. The molecule has 0 aliphatic carbocycles. The summed E-state index contributed by atoms with van der Waals surface area (Å²) in [7, 11) is 0. The Morgan fingerprint density at radius 1 is 1.39 bits per heavy atom. The molecule has 1 aromatic heterocycles. The second-order valence-electron chi connectivity index (χ2n) is 4.08. The van der Waals surface area contributed by atoms with Gasteiger partial charge in [0.15, 0.2) is 11.5 Å². The summed E-state index contributed by atoms with van der Waals surface area (Å²) in [5.41, 5.74) is 8.69. The van der Waals surface area contributed by atoms with E-state index in [-0.39, 0.29) is 0 Å². The summed E-state index contributed by atoms with van der Waals surface area (Å²) >= 11 is 3.53. The van der Waals surface area contributed by atoms with Gasteiger partial charge in [0.2, 0.25) is 0 Å². The Bertz CT molecular complexity index is 610. The first kappa shape index (κ1) is 11.4. The van der Waals surface area contributed by atoms with E-state index in [1.54, 1.807) is 6.20 Å². The first-order valence-electron chi connectivity index (χ1n) is 5.56. The Kier molecular flexibility index (Phi) is 2.66. The summed E-state index contributed by atoms with van der Waals surface area (Å²) < 4.78 is 12.3. The zero-order chi connectivity index (χ0) is 12.7. The number of aromatic amines is 1. The van der Waals surface area contributed by atoms with Crippen LogP contribution in [0.2, 0.25) is 0 Å². The first-order valence-corrected chi connectivity index (χ1v) is 6.35. The second-order valence-corrected chi connectivity index (χ2v) is 4.93. The number of halogens is 1. The van der Waals surface area contributed by atoms with E-state index in [1.165, 1.54) is 0 Å². The van der Waals surface area contributed by atoms with Crippen LogP contribution in [0.3, 0.4) is 0 Å². The van der Waals surface area contributed by atoms with Gasteiger partial charge in [-0.05, 0) is 18.6 Å². The maximum atomic E-state index is 5.89. The van der Waals surface area contributed by atoms with Crippen LogP contribution in [0.15, 0.2) is 16.7 Å². The van der Waals surface area contributed by atoms with Crippen LogP contribution >= 0.6 is 15.9 Å². The smallest absolute Gasteiger partial charge is 0.169 e. The molecule has 1 aliphatic rings. The SMILES string of the molecule is Cc1c(Br)cc2c(c1-c1cn[nH]c1N)OCCO2. The lowest BCUT2D eigenvalue weighted by atomic mass is 10.0. The van der Waals surface area contributed by atoms with Gasteiger partial charge in [0.25, 0.3) is 0 Å². The fourth-order valence-corrected chi connectivity index (χ4v) is 2.47. The van der Waals surface area contributed by atoms with Gasteiger partial charge in [0.05, 0.1) is 6.20 Å². The number of H-pyrrole nitrogens is 1. The topological polar surface area (TPSA) is 73.2 Å².